The quantitative estimate of drug-likeness (QED) is 0.571. The lowest BCUT2D eigenvalue weighted by atomic mass is 10.1. The van der Waals surface area contributed by atoms with E-state index in [1.165, 1.54) is 12.1 Å². The number of hydrogen-bond donors (Lipinski definition) is 0. The average molecular weight is 341 g/mol. The summed E-state index contributed by atoms with van der Waals surface area (Å²) in [6.07, 6.45) is 2.45. The summed E-state index contributed by atoms with van der Waals surface area (Å²) in [7, 11) is -1.33. The molecule has 2 rings (SSSR count). The highest BCUT2D eigenvalue weighted by Gasteiger charge is 2.19. The third-order valence-corrected chi connectivity index (χ3v) is 5.31. The van der Waals surface area contributed by atoms with E-state index in [0.29, 0.717) is 12.0 Å². The number of hydrogen-bond acceptors (Lipinski definition) is 6. The number of benzene rings is 1. The van der Waals surface area contributed by atoms with Gasteiger partial charge in [0.25, 0.3) is 5.69 Å². The van der Waals surface area contributed by atoms with Gasteiger partial charge in [0.1, 0.15) is 0 Å². The van der Waals surface area contributed by atoms with Crippen molar-refractivity contribution in [2.24, 2.45) is 0 Å². The summed E-state index contributed by atoms with van der Waals surface area (Å²) in [5, 5.41) is 11.2. The lowest BCUT2D eigenvalue weighted by Gasteiger charge is -2.32. The van der Waals surface area contributed by atoms with Gasteiger partial charge < -0.3 is 9.80 Å². The molecule has 1 heterocycles. The summed E-state index contributed by atoms with van der Waals surface area (Å²) < 4.78 is 23.1. The highest BCUT2D eigenvalue weighted by Crippen LogP contribution is 2.24. The van der Waals surface area contributed by atoms with E-state index in [1.807, 2.05) is 0 Å². The van der Waals surface area contributed by atoms with Gasteiger partial charge >= 0.3 is 0 Å². The molecule has 0 bridgehead atoms. The Balaban J connectivity index is 2.00. The number of aryl methyl sites for hydroxylation is 1. The molecule has 1 saturated heterocycles. The molecule has 1 aliphatic rings. The highest BCUT2D eigenvalue weighted by atomic mass is 32.2. The van der Waals surface area contributed by atoms with E-state index in [4.69, 9.17) is 0 Å². The molecule has 8 heteroatoms. The van der Waals surface area contributed by atoms with Crippen LogP contribution in [0.1, 0.15) is 12.0 Å². The van der Waals surface area contributed by atoms with E-state index in [1.54, 1.807) is 6.07 Å². The summed E-state index contributed by atoms with van der Waals surface area (Å²) in [5.74, 6) is 0. The molecule has 0 amide bonds. The van der Waals surface area contributed by atoms with Crippen molar-refractivity contribution in [3.8, 4) is 0 Å². The standard InChI is InChI=1S/C15H23N3O4S/c1-16-8-10-17(11-9-16)7-3-4-13-5-6-14(23(2,21)22)12-15(13)18(19)20/h5-6,12H,3-4,7-11H2,1-2H3. The minimum absolute atomic E-state index is 0.00739. The van der Waals surface area contributed by atoms with Crippen LogP contribution in [0.5, 0.6) is 0 Å². The third-order valence-electron chi connectivity index (χ3n) is 4.20. The predicted octanol–water partition coefficient (Wildman–Crippen LogP) is 1.18. The minimum Gasteiger partial charge on any atom is -0.304 e. The summed E-state index contributed by atoms with van der Waals surface area (Å²) in [5.41, 5.74) is 0.489. The molecular weight excluding hydrogens is 318 g/mol. The third kappa shape index (κ3) is 4.98. The minimum atomic E-state index is -3.44. The first-order valence-electron chi connectivity index (χ1n) is 7.65. The Morgan fingerprint density at radius 3 is 2.43 bits per heavy atom. The first-order valence-corrected chi connectivity index (χ1v) is 9.55. The smallest absolute Gasteiger partial charge is 0.273 e. The van der Waals surface area contributed by atoms with Crippen molar-refractivity contribution in [3.05, 3.63) is 33.9 Å². The second-order valence-electron chi connectivity index (χ2n) is 6.07. The van der Waals surface area contributed by atoms with Gasteiger partial charge in [0, 0.05) is 44.1 Å². The molecule has 0 spiro atoms. The first kappa shape index (κ1) is 17.8. The van der Waals surface area contributed by atoms with Gasteiger partial charge in [0.2, 0.25) is 0 Å². The second kappa shape index (κ2) is 7.37. The summed E-state index contributed by atoms with van der Waals surface area (Å²) in [6.45, 7) is 5.03. The lowest BCUT2D eigenvalue weighted by molar-refractivity contribution is -0.385. The predicted molar refractivity (Wildman–Crippen MR) is 88.5 cm³/mol. The van der Waals surface area contributed by atoms with Crippen molar-refractivity contribution >= 4 is 15.5 Å². The molecule has 1 aromatic carbocycles. The molecule has 0 aromatic heterocycles. The molecule has 0 atom stereocenters. The Hall–Kier alpha value is -1.51. The fraction of sp³-hybridized carbons (Fsp3) is 0.600. The zero-order chi connectivity index (χ0) is 17.0. The second-order valence-corrected chi connectivity index (χ2v) is 8.08. The Morgan fingerprint density at radius 2 is 1.87 bits per heavy atom. The van der Waals surface area contributed by atoms with E-state index in [-0.39, 0.29) is 10.6 Å². The molecule has 0 saturated carbocycles. The largest absolute Gasteiger partial charge is 0.304 e. The van der Waals surface area contributed by atoms with Crippen molar-refractivity contribution in [3.63, 3.8) is 0 Å². The SMILES string of the molecule is CN1CCN(CCCc2ccc(S(C)(=O)=O)cc2[N+](=O)[O-])CC1. The maximum absolute atomic E-state index is 11.5. The maximum atomic E-state index is 11.5. The Kier molecular flexibility index (Phi) is 5.72. The average Bonchev–Trinajstić information content (AvgIpc) is 2.48. The number of sulfone groups is 1. The zero-order valence-electron chi connectivity index (χ0n) is 13.6. The molecule has 1 fully saturated rings. The van der Waals surface area contributed by atoms with Crippen LogP contribution >= 0.6 is 0 Å². The molecule has 0 unspecified atom stereocenters. The molecule has 7 nitrogen and oxygen atoms in total. The van der Waals surface area contributed by atoms with E-state index < -0.39 is 14.8 Å². The fourth-order valence-corrected chi connectivity index (χ4v) is 3.36. The number of nitro benzene ring substituents is 1. The van der Waals surface area contributed by atoms with Crippen LogP contribution in [0, 0.1) is 10.1 Å². The molecule has 0 radical (unpaired) electrons. The van der Waals surface area contributed by atoms with Gasteiger partial charge in [-0.25, -0.2) is 8.42 Å². The molecule has 23 heavy (non-hydrogen) atoms. The van der Waals surface area contributed by atoms with Gasteiger partial charge in [0.05, 0.1) is 9.82 Å². The van der Waals surface area contributed by atoms with Gasteiger partial charge in [-0.1, -0.05) is 6.07 Å². The molecular formula is C15H23N3O4S. The van der Waals surface area contributed by atoms with Crippen molar-refractivity contribution in [1.29, 1.82) is 0 Å². The van der Waals surface area contributed by atoms with Crippen LogP contribution in [0.2, 0.25) is 0 Å². The summed E-state index contributed by atoms with van der Waals surface area (Å²) in [6, 6.07) is 4.19. The van der Waals surface area contributed by atoms with Crippen LogP contribution in [-0.2, 0) is 16.3 Å². The first-order chi connectivity index (χ1) is 10.8. The van der Waals surface area contributed by atoms with Crippen molar-refractivity contribution in [1.82, 2.24) is 9.80 Å². The topological polar surface area (TPSA) is 83.8 Å². The normalized spacial score (nSPS) is 17.3. The Bertz CT molecular complexity index is 667. The molecule has 128 valence electrons. The molecule has 0 aliphatic carbocycles. The zero-order valence-corrected chi connectivity index (χ0v) is 14.4. The Morgan fingerprint density at radius 1 is 1.22 bits per heavy atom. The summed E-state index contributed by atoms with van der Waals surface area (Å²) >= 11 is 0. The fourth-order valence-electron chi connectivity index (χ4n) is 2.72. The van der Waals surface area contributed by atoms with E-state index in [2.05, 4.69) is 16.8 Å². The highest BCUT2D eigenvalue weighted by molar-refractivity contribution is 7.90. The van der Waals surface area contributed by atoms with Gasteiger partial charge in [-0.15, -0.1) is 0 Å². The van der Waals surface area contributed by atoms with E-state index in [0.717, 1.165) is 45.4 Å². The van der Waals surface area contributed by atoms with Crippen LogP contribution in [0.15, 0.2) is 23.1 Å². The summed E-state index contributed by atoms with van der Waals surface area (Å²) in [4.78, 5) is 15.3. The van der Waals surface area contributed by atoms with Crippen molar-refractivity contribution in [2.45, 2.75) is 17.7 Å². The molecule has 0 N–H and O–H groups in total. The van der Waals surface area contributed by atoms with Gasteiger partial charge in [-0.2, -0.15) is 0 Å². The van der Waals surface area contributed by atoms with Crippen LogP contribution in [0.25, 0.3) is 0 Å². The van der Waals surface area contributed by atoms with Crippen LogP contribution in [-0.4, -0.2) is 69.2 Å². The number of nitro groups is 1. The monoisotopic (exact) mass is 341 g/mol. The van der Waals surface area contributed by atoms with Crippen molar-refractivity contribution in [2.75, 3.05) is 46.0 Å². The number of rotatable bonds is 6. The maximum Gasteiger partial charge on any atom is 0.273 e. The number of piperazine rings is 1. The van der Waals surface area contributed by atoms with Gasteiger partial charge in [-0.3, -0.25) is 10.1 Å². The van der Waals surface area contributed by atoms with Gasteiger partial charge in [-0.05, 0) is 32.5 Å². The lowest BCUT2D eigenvalue weighted by Crippen LogP contribution is -2.44. The van der Waals surface area contributed by atoms with Crippen LogP contribution < -0.4 is 0 Å². The Labute approximate surface area is 137 Å². The number of likely N-dealkylation sites (N-methyl/N-ethyl adjacent to an activating group) is 1. The van der Waals surface area contributed by atoms with E-state index >= 15 is 0 Å². The van der Waals surface area contributed by atoms with Gasteiger partial charge in [0.15, 0.2) is 9.84 Å². The number of nitrogens with zero attached hydrogens (tertiary/aromatic N) is 3. The molecule has 1 aliphatic heterocycles. The van der Waals surface area contributed by atoms with E-state index in [9.17, 15) is 18.5 Å². The van der Waals surface area contributed by atoms with Crippen LogP contribution in [0.3, 0.4) is 0 Å². The van der Waals surface area contributed by atoms with Crippen molar-refractivity contribution < 1.29 is 13.3 Å². The molecule has 1 aromatic rings. The van der Waals surface area contributed by atoms with Crippen LogP contribution in [0.4, 0.5) is 5.69 Å².